The van der Waals surface area contributed by atoms with Gasteiger partial charge in [0.15, 0.2) is 17.7 Å². The number of nitro groups is 1. The Kier molecular flexibility index (Phi) is 4.39. The summed E-state index contributed by atoms with van der Waals surface area (Å²) in [7, 11) is 1.58. The summed E-state index contributed by atoms with van der Waals surface area (Å²) in [6.07, 6.45) is 5.76. The van der Waals surface area contributed by atoms with Crippen molar-refractivity contribution in [3.8, 4) is 11.5 Å². The number of aromatic nitrogens is 1. The molecule has 1 aliphatic carbocycles. The monoisotopic (exact) mass is 369 g/mol. The molecule has 1 aromatic heterocycles. The standard InChI is InChI=1S/C19H19N3O5/c1-26-16-7-6-13(9-17(16)27-14-4-2-3-5-14)21-11-12-8-18(22(24)25)20-10-15(12)19(21)23/h6-10,14H,2-5,11H2,1H3. The predicted molar refractivity (Wildman–Crippen MR) is 97.3 cm³/mol. The number of hydrogen-bond donors (Lipinski definition) is 0. The van der Waals surface area contributed by atoms with Crippen LogP contribution in [0.2, 0.25) is 0 Å². The van der Waals surface area contributed by atoms with Gasteiger partial charge in [-0.3, -0.25) is 4.79 Å². The van der Waals surface area contributed by atoms with Crippen molar-refractivity contribution in [1.29, 1.82) is 0 Å². The Morgan fingerprint density at radius 2 is 2.00 bits per heavy atom. The molecule has 2 heterocycles. The van der Waals surface area contributed by atoms with Crippen molar-refractivity contribution in [2.24, 2.45) is 0 Å². The highest BCUT2D eigenvalue weighted by atomic mass is 16.6. The van der Waals surface area contributed by atoms with Crippen LogP contribution in [0.4, 0.5) is 11.5 Å². The number of nitrogens with zero attached hydrogens (tertiary/aromatic N) is 3. The van der Waals surface area contributed by atoms with Gasteiger partial charge in [-0.1, -0.05) is 0 Å². The topological polar surface area (TPSA) is 94.8 Å². The molecular weight excluding hydrogens is 350 g/mol. The number of methoxy groups -OCH3 is 1. The number of anilines is 1. The van der Waals surface area contributed by atoms with E-state index in [1.807, 2.05) is 0 Å². The Bertz CT molecular complexity index is 908. The number of carbonyl (C=O) groups excluding carboxylic acids is 1. The second-order valence-electron chi connectivity index (χ2n) is 6.71. The molecule has 1 aromatic carbocycles. The molecule has 0 bridgehead atoms. The highest BCUT2D eigenvalue weighted by Gasteiger charge is 2.32. The van der Waals surface area contributed by atoms with E-state index in [0.717, 1.165) is 25.7 Å². The van der Waals surface area contributed by atoms with E-state index < -0.39 is 4.92 Å². The maximum Gasteiger partial charge on any atom is 0.363 e. The van der Waals surface area contributed by atoms with Gasteiger partial charge in [0, 0.05) is 17.8 Å². The Morgan fingerprint density at radius 3 is 2.70 bits per heavy atom. The van der Waals surface area contributed by atoms with Gasteiger partial charge in [0.05, 0.1) is 25.3 Å². The van der Waals surface area contributed by atoms with Crippen molar-refractivity contribution in [3.05, 3.63) is 51.7 Å². The fourth-order valence-electron chi connectivity index (χ4n) is 3.61. The minimum Gasteiger partial charge on any atom is -0.493 e. The summed E-state index contributed by atoms with van der Waals surface area (Å²) in [6, 6.07) is 6.71. The second kappa shape index (κ2) is 6.86. The zero-order valence-corrected chi connectivity index (χ0v) is 14.9. The van der Waals surface area contributed by atoms with E-state index in [1.165, 1.54) is 12.3 Å². The van der Waals surface area contributed by atoms with Crippen molar-refractivity contribution >= 4 is 17.4 Å². The first-order valence-corrected chi connectivity index (χ1v) is 8.86. The normalized spacial score (nSPS) is 16.5. The average molecular weight is 369 g/mol. The largest absolute Gasteiger partial charge is 0.493 e. The van der Waals surface area contributed by atoms with Crippen molar-refractivity contribution in [2.75, 3.05) is 12.0 Å². The third-order valence-electron chi connectivity index (χ3n) is 5.02. The number of benzene rings is 1. The summed E-state index contributed by atoms with van der Waals surface area (Å²) in [6.45, 7) is 0.257. The lowest BCUT2D eigenvalue weighted by atomic mass is 10.2. The van der Waals surface area contributed by atoms with Crippen LogP contribution in [0.1, 0.15) is 41.6 Å². The summed E-state index contributed by atoms with van der Waals surface area (Å²) in [5, 5.41) is 10.9. The number of hydrogen-bond acceptors (Lipinski definition) is 6. The molecule has 1 saturated carbocycles. The molecule has 0 N–H and O–H groups in total. The Balaban J connectivity index is 1.63. The van der Waals surface area contributed by atoms with Gasteiger partial charge in [0.1, 0.15) is 0 Å². The zero-order valence-electron chi connectivity index (χ0n) is 14.9. The third kappa shape index (κ3) is 3.18. The molecular formula is C19H19N3O5. The van der Waals surface area contributed by atoms with Gasteiger partial charge >= 0.3 is 5.82 Å². The quantitative estimate of drug-likeness (QED) is 0.591. The Labute approximate surface area is 155 Å². The average Bonchev–Trinajstić information content (AvgIpc) is 3.29. The lowest BCUT2D eigenvalue weighted by Crippen LogP contribution is -2.23. The smallest absolute Gasteiger partial charge is 0.363 e. The third-order valence-corrected chi connectivity index (χ3v) is 5.02. The van der Waals surface area contributed by atoms with E-state index in [1.54, 1.807) is 30.2 Å². The molecule has 27 heavy (non-hydrogen) atoms. The van der Waals surface area contributed by atoms with Gasteiger partial charge in [-0.2, -0.15) is 0 Å². The summed E-state index contributed by atoms with van der Waals surface area (Å²) >= 11 is 0. The highest BCUT2D eigenvalue weighted by Crippen LogP contribution is 2.37. The second-order valence-corrected chi connectivity index (χ2v) is 6.71. The number of ether oxygens (including phenoxy) is 2. The van der Waals surface area contributed by atoms with E-state index in [4.69, 9.17) is 9.47 Å². The predicted octanol–water partition coefficient (Wildman–Crippen LogP) is 3.48. The zero-order chi connectivity index (χ0) is 19.0. The highest BCUT2D eigenvalue weighted by molar-refractivity contribution is 6.10. The molecule has 140 valence electrons. The molecule has 0 spiro atoms. The van der Waals surface area contributed by atoms with Crippen molar-refractivity contribution in [3.63, 3.8) is 0 Å². The summed E-state index contributed by atoms with van der Waals surface area (Å²) in [5.74, 6) is 0.731. The minimum absolute atomic E-state index is 0.160. The summed E-state index contributed by atoms with van der Waals surface area (Å²) < 4.78 is 11.5. The van der Waals surface area contributed by atoms with Crippen molar-refractivity contribution in [1.82, 2.24) is 4.98 Å². The van der Waals surface area contributed by atoms with Crippen LogP contribution in [0, 0.1) is 10.1 Å². The molecule has 0 unspecified atom stereocenters. The molecule has 1 fully saturated rings. The molecule has 8 nitrogen and oxygen atoms in total. The fourth-order valence-corrected chi connectivity index (χ4v) is 3.61. The van der Waals surface area contributed by atoms with Gasteiger partial charge < -0.3 is 24.5 Å². The first-order valence-electron chi connectivity index (χ1n) is 8.86. The van der Waals surface area contributed by atoms with Crippen LogP contribution in [0.25, 0.3) is 0 Å². The van der Waals surface area contributed by atoms with Crippen LogP contribution < -0.4 is 14.4 Å². The lowest BCUT2D eigenvalue weighted by Gasteiger charge is -2.20. The fraction of sp³-hybridized carbons (Fsp3) is 0.368. The maximum atomic E-state index is 12.7. The van der Waals surface area contributed by atoms with Crippen LogP contribution in [-0.2, 0) is 6.54 Å². The van der Waals surface area contributed by atoms with Gasteiger partial charge in [-0.25, -0.2) is 0 Å². The van der Waals surface area contributed by atoms with Gasteiger partial charge in [0.2, 0.25) is 0 Å². The molecule has 1 aliphatic heterocycles. The molecule has 8 heteroatoms. The Morgan fingerprint density at radius 1 is 1.22 bits per heavy atom. The number of fused-ring (bicyclic) bond motifs is 1. The van der Waals surface area contributed by atoms with Crippen molar-refractivity contribution < 1.29 is 19.2 Å². The van der Waals surface area contributed by atoms with Crippen LogP contribution in [0.15, 0.2) is 30.5 Å². The van der Waals surface area contributed by atoms with Gasteiger partial charge in [0.25, 0.3) is 5.91 Å². The maximum absolute atomic E-state index is 12.7. The Hall–Kier alpha value is -3.16. The molecule has 0 radical (unpaired) electrons. The summed E-state index contributed by atoms with van der Waals surface area (Å²) in [5.41, 5.74) is 1.64. The number of carbonyl (C=O) groups is 1. The van der Waals surface area contributed by atoms with E-state index >= 15 is 0 Å². The van der Waals surface area contributed by atoms with E-state index in [9.17, 15) is 14.9 Å². The molecule has 2 aliphatic rings. The molecule has 0 saturated heterocycles. The van der Waals surface area contributed by atoms with Crippen LogP contribution >= 0.6 is 0 Å². The SMILES string of the molecule is COc1ccc(N2Cc3cc([N+](=O)[O-])ncc3C2=O)cc1OC1CCCC1. The molecule has 1 amide bonds. The number of rotatable bonds is 5. The summed E-state index contributed by atoms with van der Waals surface area (Å²) in [4.78, 5) is 28.4. The van der Waals surface area contributed by atoms with E-state index in [0.29, 0.717) is 28.3 Å². The van der Waals surface area contributed by atoms with Gasteiger partial charge in [-0.15, -0.1) is 0 Å². The van der Waals surface area contributed by atoms with E-state index in [-0.39, 0.29) is 24.4 Å². The molecule has 2 aromatic rings. The van der Waals surface area contributed by atoms with Crippen LogP contribution in [0.5, 0.6) is 11.5 Å². The van der Waals surface area contributed by atoms with Crippen LogP contribution in [0.3, 0.4) is 0 Å². The first kappa shape index (κ1) is 17.3. The van der Waals surface area contributed by atoms with Crippen molar-refractivity contribution in [2.45, 2.75) is 38.3 Å². The number of pyridine rings is 1. The van der Waals surface area contributed by atoms with Crippen LogP contribution in [-0.4, -0.2) is 29.0 Å². The molecule has 0 atom stereocenters. The minimum atomic E-state index is -0.561. The first-order chi connectivity index (χ1) is 13.1. The van der Waals surface area contributed by atoms with E-state index in [2.05, 4.69) is 4.98 Å². The van der Waals surface area contributed by atoms with Gasteiger partial charge in [-0.05, 0) is 53.3 Å². The number of amides is 1. The lowest BCUT2D eigenvalue weighted by molar-refractivity contribution is -0.389. The molecule has 4 rings (SSSR count).